The quantitative estimate of drug-likeness (QED) is 0.787. The maximum atomic E-state index is 12.7. The third-order valence-electron chi connectivity index (χ3n) is 5.35. The van der Waals surface area contributed by atoms with Crippen LogP contribution in [0.25, 0.3) is 0 Å². The molecule has 0 bridgehead atoms. The summed E-state index contributed by atoms with van der Waals surface area (Å²) in [6.45, 7) is 2.50. The molecule has 2 aliphatic rings. The van der Waals surface area contributed by atoms with Gasteiger partial charge in [-0.2, -0.15) is 13.2 Å². The third kappa shape index (κ3) is 4.78. The van der Waals surface area contributed by atoms with E-state index in [2.05, 4.69) is 4.98 Å². The number of aromatic nitrogens is 1. The lowest BCUT2D eigenvalue weighted by Gasteiger charge is -2.34. The van der Waals surface area contributed by atoms with Crippen LogP contribution >= 0.6 is 0 Å². The number of pyridine rings is 1. The summed E-state index contributed by atoms with van der Waals surface area (Å²) in [7, 11) is 0. The number of carbonyl (C=O) groups is 2. The minimum Gasteiger partial charge on any atom is -0.342 e. The van der Waals surface area contributed by atoms with Crippen molar-refractivity contribution in [1.29, 1.82) is 0 Å². The van der Waals surface area contributed by atoms with Crippen LogP contribution in [0.5, 0.6) is 0 Å². The van der Waals surface area contributed by atoms with Gasteiger partial charge in [-0.15, -0.1) is 0 Å². The lowest BCUT2D eigenvalue weighted by Crippen LogP contribution is -2.44. The zero-order chi connectivity index (χ0) is 19.4. The molecule has 2 saturated heterocycles. The van der Waals surface area contributed by atoms with E-state index >= 15 is 0 Å². The first-order valence-corrected chi connectivity index (χ1v) is 9.47. The van der Waals surface area contributed by atoms with Gasteiger partial charge in [0.1, 0.15) is 5.69 Å². The van der Waals surface area contributed by atoms with Crippen molar-refractivity contribution < 1.29 is 22.8 Å². The van der Waals surface area contributed by atoms with Crippen molar-refractivity contribution >= 4 is 11.8 Å². The van der Waals surface area contributed by atoms with Crippen LogP contribution in [0.15, 0.2) is 18.3 Å². The lowest BCUT2D eigenvalue weighted by molar-refractivity contribution is -0.141. The monoisotopic (exact) mass is 383 g/mol. The summed E-state index contributed by atoms with van der Waals surface area (Å²) < 4.78 is 37.7. The van der Waals surface area contributed by atoms with Crippen LogP contribution in [-0.4, -0.2) is 52.8 Å². The predicted molar refractivity (Wildman–Crippen MR) is 92.9 cm³/mol. The Hall–Kier alpha value is -2.12. The molecule has 1 aromatic heterocycles. The minimum absolute atomic E-state index is 0.0714. The molecule has 0 aliphatic carbocycles. The van der Waals surface area contributed by atoms with E-state index in [1.165, 1.54) is 0 Å². The van der Waals surface area contributed by atoms with E-state index in [1.807, 2.05) is 4.90 Å². The van der Waals surface area contributed by atoms with Crippen molar-refractivity contribution in [3.8, 4) is 0 Å². The molecule has 0 saturated carbocycles. The topological polar surface area (TPSA) is 53.5 Å². The van der Waals surface area contributed by atoms with E-state index in [0.29, 0.717) is 25.9 Å². The van der Waals surface area contributed by atoms with E-state index in [-0.39, 0.29) is 23.3 Å². The number of alkyl halides is 3. The Kier molecular flexibility index (Phi) is 6.01. The molecule has 2 aliphatic heterocycles. The first-order valence-electron chi connectivity index (χ1n) is 9.47. The number of hydrogen-bond donors (Lipinski definition) is 0. The molecule has 2 amide bonds. The first-order chi connectivity index (χ1) is 12.9. The zero-order valence-electron chi connectivity index (χ0n) is 15.2. The van der Waals surface area contributed by atoms with E-state index in [9.17, 15) is 22.8 Å². The predicted octanol–water partition coefficient (Wildman–Crippen LogP) is 3.36. The van der Waals surface area contributed by atoms with E-state index < -0.39 is 11.9 Å². The largest absolute Gasteiger partial charge is 0.433 e. The molecule has 27 heavy (non-hydrogen) atoms. The summed E-state index contributed by atoms with van der Waals surface area (Å²) in [4.78, 5) is 32.1. The van der Waals surface area contributed by atoms with Gasteiger partial charge in [0.25, 0.3) is 5.91 Å². The maximum absolute atomic E-state index is 12.7. The van der Waals surface area contributed by atoms with Gasteiger partial charge >= 0.3 is 6.18 Å². The summed E-state index contributed by atoms with van der Waals surface area (Å²) in [5.74, 6) is -0.227. The van der Waals surface area contributed by atoms with Crippen LogP contribution in [0.2, 0.25) is 0 Å². The summed E-state index contributed by atoms with van der Waals surface area (Å²) in [5, 5.41) is 0. The Labute approximate surface area is 156 Å². The van der Waals surface area contributed by atoms with E-state index in [4.69, 9.17) is 0 Å². The molecule has 0 N–H and O–H groups in total. The van der Waals surface area contributed by atoms with Gasteiger partial charge in [-0.25, -0.2) is 0 Å². The summed E-state index contributed by atoms with van der Waals surface area (Å²) in [6.07, 6.45) is 2.06. The number of rotatable bonds is 2. The van der Waals surface area contributed by atoms with Crippen LogP contribution < -0.4 is 0 Å². The molecule has 148 valence electrons. The summed E-state index contributed by atoms with van der Waals surface area (Å²) >= 11 is 0. The van der Waals surface area contributed by atoms with Crippen LogP contribution in [-0.2, 0) is 11.0 Å². The molecule has 0 spiro atoms. The van der Waals surface area contributed by atoms with Crippen LogP contribution in [0.1, 0.15) is 54.6 Å². The van der Waals surface area contributed by atoms with Crippen molar-refractivity contribution in [2.45, 2.75) is 44.7 Å². The molecule has 0 aromatic carbocycles. The number of carbonyl (C=O) groups excluding carboxylic acids is 2. The van der Waals surface area contributed by atoms with Gasteiger partial charge < -0.3 is 9.80 Å². The van der Waals surface area contributed by atoms with Crippen LogP contribution in [0, 0.1) is 5.92 Å². The second-order valence-corrected chi connectivity index (χ2v) is 7.24. The molecule has 0 unspecified atom stereocenters. The highest BCUT2D eigenvalue weighted by Crippen LogP contribution is 2.28. The number of hydrogen-bond acceptors (Lipinski definition) is 3. The number of likely N-dealkylation sites (tertiary alicyclic amines) is 2. The van der Waals surface area contributed by atoms with Crippen LogP contribution in [0.3, 0.4) is 0 Å². The highest BCUT2D eigenvalue weighted by molar-refractivity contribution is 5.94. The van der Waals surface area contributed by atoms with Gasteiger partial charge in [-0.3, -0.25) is 14.6 Å². The van der Waals surface area contributed by atoms with Gasteiger partial charge in [0.15, 0.2) is 0 Å². The third-order valence-corrected chi connectivity index (χ3v) is 5.35. The van der Waals surface area contributed by atoms with Gasteiger partial charge in [0.05, 0.1) is 5.56 Å². The van der Waals surface area contributed by atoms with Crippen molar-refractivity contribution in [2.75, 3.05) is 26.2 Å². The average molecular weight is 383 g/mol. The second-order valence-electron chi connectivity index (χ2n) is 7.24. The highest BCUT2D eigenvalue weighted by atomic mass is 19.4. The SMILES string of the molecule is O=C(c1ccc(C(F)(F)F)nc1)N1CCC(C(=O)N2CCCCCC2)CC1. The smallest absolute Gasteiger partial charge is 0.342 e. The molecule has 3 rings (SSSR count). The Balaban J connectivity index is 1.55. The molecule has 1 aromatic rings. The molecule has 0 atom stereocenters. The fourth-order valence-electron chi connectivity index (χ4n) is 3.75. The maximum Gasteiger partial charge on any atom is 0.433 e. The second kappa shape index (κ2) is 8.27. The minimum atomic E-state index is -4.52. The number of halogens is 3. The Morgan fingerprint density at radius 2 is 1.56 bits per heavy atom. The molecular formula is C19H24F3N3O2. The van der Waals surface area contributed by atoms with Crippen molar-refractivity contribution in [3.63, 3.8) is 0 Å². The molecular weight excluding hydrogens is 359 g/mol. The number of amides is 2. The molecule has 2 fully saturated rings. The fourth-order valence-corrected chi connectivity index (χ4v) is 3.75. The Morgan fingerprint density at radius 3 is 2.07 bits per heavy atom. The summed E-state index contributed by atoms with van der Waals surface area (Å²) in [6, 6.07) is 1.98. The van der Waals surface area contributed by atoms with Crippen molar-refractivity contribution in [1.82, 2.24) is 14.8 Å². The van der Waals surface area contributed by atoms with E-state index in [1.54, 1.807) is 4.90 Å². The Bertz CT molecular complexity index is 660. The Morgan fingerprint density at radius 1 is 0.926 bits per heavy atom. The van der Waals surface area contributed by atoms with Crippen molar-refractivity contribution in [3.05, 3.63) is 29.6 Å². The van der Waals surface area contributed by atoms with Gasteiger partial charge in [0.2, 0.25) is 5.91 Å². The number of piperidine rings is 1. The fraction of sp³-hybridized carbons (Fsp3) is 0.632. The lowest BCUT2D eigenvalue weighted by atomic mass is 9.94. The number of nitrogens with zero attached hydrogens (tertiary/aromatic N) is 3. The molecule has 0 radical (unpaired) electrons. The summed E-state index contributed by atoms with van der Waals surface area (Å²) in [5.41, 5.74) is -0.874. The van der Waals surface area contributed by atoms with Gasteiger partial charge in [0, 0.05) is 38.3 Å². The van der Waals surface area contributed by atoms with Gasteiger partial charge in [-0.1, -0.05) is 12.8 Å². The van der Waals surface area contributed by atoms with Crippen LogP contribution in [0.4, 0.5) is 13.2 Å². The van der Waals surface area contributed by atoms with Gasteiger partial charge in [-0.05, 0) is 37.8 Å². The normalized spacial score (nSPS) is 19.7. The first kappa shape index (κ1) is 19.6. The average Bonchev–Trinajstić information content (AvgIpc) is 2.96. The highest BCUT2D eigenvalue weighted by Gasteiger charge is 2.33. The zero-order valence-corrected chi connectivity index (χ0v) is 15.2. The molecule has 8 heteroatoms. The standard InChI is InChI=1S/C19H24F3N3O2/c20-19(21,22)16-6-5-15(13-23-16)18(27)25-11-7-14(8-12-25)17(26)24-9-3-1-2-4-10-24/h5-6,13-14H,1-4,7-12H2. The molecule has 3 heterocycles. The van der Waals surface area contributed by atoms with E-state index in [0.717, 1.165) is 57.1 Å². The molecule has 5 nitrogen and oxygen atoms in total. The van der Waals surface area contributed by atoms with Crippen molar-refractivity contribution in [2.24, 2.45) is 5.92 Å².